The molecule has 1 aliphatic carbocycles. The van der Waals surface area contributed by atoms with E-state index in [9.17, 15) is 4.79 Å². The van der Waals surface area contributed by atoms with E-state index in [-0.39, 0.29) is 5.91 Å². The lowest BCUT2D eigenvalue weighted by molar-refractivity contribution is 0.0945. The van der Waals surface area contributed by atoms with Crippen LogP contribution in [0.3, 0.4) is 0 Å². The number of hydrogen-bond donors (Lipinski definition) is 2. The summed E-state index contributed by atoms with van der Waals surface area (Å²) in [7, 11) is 0. The molecule has 2 aromatic heterocycles. The summed E-state index contributed by atoms with van der Waals surface area (Å²) in [6, 6.07) is 7.54. The predicted octanol–water partition coefficient (Wildman–Crippen LogP) is 3.55. The molecule has 1 atom stereocenters. The number of rotatable bonds is 6. The standard InChI is InChI=1S/C19H19ClN4O2/c1-11-23-15-5-2-12(8-16(15)24-11)9-22-19(25)14-10-21-7-6-17(14)26-18(20)13-3-4-13/h2,5-8,10,13,18H,3-4,9H2,1H3,(H,22,25)(H,23,24)/t18-/m0/s1. The van der Waals surface area contributed by atoms with Crippen molar-refractivity contribution in [3.05, 3.63) is 53.6 Å². The molecule has 134 valence electrons. The number of hydrogen-bond acceptors (Lipinski definition) is 4. The van der Waals surface area contributed by atoms with Gasteiger partial charge in [-0.25, -0.2) is 4.98 Å². The van der Waals surface area contributed by atoms with E-state index in [1.54, 1.807) is 12.3 Å². The van der Waals surface area contributed by atoms with Crippen LogP contribution in [-0.2, 0) is 6.54 Å². The summed E-state index contributed by atoms with van der Waals surface area (Å²) in [5, 5.41) is 2.91. The molecule has 0 bridgehead atoms. The Kier molecular flexibility index (Phi) is 4.51. The zero-order chi connectivity index (χ0) is 18.1. The highest BCUT2D eigenvalue weighted by Gasteiger charge is 2.32. The van der Waals surface area contributed by atoms with Gasteiger partial charge in [-0.05, 0) is 43.5 Å². The van der Waals surface area contributed by atoms with Gasteiger partial charge < -0.3 is 15.0 Å². The Morgan fingerprint density at radius 3 is 3.08 bits per heavy atom. The molecule has 0 unspecified atom stereocenters. The van der Waals surface area contributed by atoms with Crippen molar-refractivity contribution in [1.29, 1.82) is 0 Å². The number of aryl methyl sites for hydroxylation is 1. The number of imidazole rings is 1. The number of carbonyl (C=O) groups is 1. The maximum Gasteiger partial charge on any atom is 0.256 e. The highest BCUT2D eigenvalue weighted by molar-refractivity contribution is 6.20. The highest BCUT2D eigenvalue weighted by atomic mass is 35.5. The van der Waals surface area contributed by atoms with Crippen molar-refractivity contribution < 1.29 is 9.53 Å². The van der Waals surface area contributed by atoms with E-state index in [1.165, 1.54) is 6.20 Å². The molecule has 2 heterocycles. The van der Waals surface area contributed by atoms with E-state index in [4.69, 9.17) is 16.3 Å². The van der Waals surface area contributed by atoms with E-state index < -0.39 is 5.56 Å². The Balaban J connectivity index is 1.45. The lowest BCUT2D eigenvalue weighted by Gasteiger charge is -2.15. The average molecular weight is 371 g/mol. The van der Waals surface area contributed by atoms with Gasteiger partial charge in [-0.3, -0.25) is 9.78 Å². The fourth-order valence-corrected chi connectivity index (χ4v) is 3.15. The second kappa shape index (κ2) is 6.96. The van der Waals surface area contributed by atoms with Crippen LogP contribution in [0.4, 0.5) is 0 Å². The molecule has 0 saturated heterocycles. The molecule has 26 heavy (non-hydrogen) atoms. The minimum absolute atomic E-state index is 0.242. The van der Waals surface area contributed by atoms with Crippen LogP contribution < -0.4 is 10.1 Å². The number of nitrogens with one attached hydrogen (secondary N) is 2. The monoisotopic (exact) mass is 370 g/mol. The van der Waals surface area contributed by atoms with Crippen LogP contribution >= 0.6 is 11.6 Å². The van der Waals surface area contributed by atoms with Gasteiger partial charge in [0.05, 0.1) is 16.6 Å². The third kappa shape index (κ3) is 3.65. The maximum atomic E-state index is 12.6. The Hall–Kier alpha value is -2.60. The molecule has 1 amide bonds. The average Bonchev–Trinajstić information content (AvgIpc) is 3.41. The van der Waals surface area contributed by atoms with Crippen LogP contribution in [-0.4, -0.2) is 26.4 Å². The van der Waals surface area contributed by atoms with E-state index in [0.717, 1.165) is 35.3 Å². The minimum Gasteiger partial charge on any atom is -0.473 e. The van der Waals surface area contributed by atoms with E-state index in [0.29, 0.717) is 23.8 Å². The van der Waals surface area contributed by atoms with Gasteiger partial charge in [0.1, 0.15) is 11.6 Å². The SMILES string of the molecule is Cc1nc2ccc(CNC(=O)c3cnccc3O[C@H](Cl)C3CC3)cc2[nH]1. The van der Waals surface area contributed by atoms with Crippen LogP contribution in [0.5, 0.6) is 5.75 Å². The number of benzene rings is 1. The number of ether oxygens (including phenoxy) is 1. The van der Waals surface area contributed by atoms with E-state index in [1.807, 2.05) is 25.1 Å². The number of pyridine rings is 1. The first-order chi connectivity index (χ1) is 12.6. The highest BCUT2D eigenvalue weighted by Crippen LogP contribution is 2.37. The van der Waals surface area contributed by atoms with Gasteiger partial charge in [-0.15, -0.1) is 0 Å². The molecule has 0 spiro atoms. The van der Waals surface area contributed by atoms with Crippen LogP contribution in [0.2, 0.25) is 0 Å². The number of nitrogens with zero attached hydrogens (tertiary/aromatic N) is 2. The number of halogens is 1. The lowest BCUT2D eigenvalue weighted by Crippen LogP contribution is -2.24. The second-order valence-corrected chi connectivity index (χ2v) is 6.96. The first-order valence-corrected chi connectivity index (χ1v) is 9.02. The van der Waals surface area contributed by atoms with Crippen molar-refractivity contribution in [2.75, 3.05) is 0 Å². The van der Waals surface area contributed by atoms with Gasteiger partial charge >= 0.3 is 0 Å². The quantitative estimate of drug-likeness (QED) is 0.650. The number of amides is 1. The first kappa shape index (κ1) is 16.8. The topological polar surface area (TPSA) is 79.9 Å². The smallest absolute Gasteiger partial charge is 0.256 e. The summed E-state index contributed by atoms with van der Waals surface area (Å²) in [4.78, 5) is 24.2. The summed E-state index contributed by atoms with van der Waals surface area (Å²) in [5.74, 6) is 1.45. The van der Waals surface area contributed by atoms with Crippen molar-refractivity contribution in [1.82, 2.24) is 20.3 Å². The van der Waals surface area contributed by atoms with Crippen molar-refractivity contribution in [2.45, 2.75) is 31.9 Å². The van der Waals surface area contributed by atoms with Crippen LogP contribution in [0, 0.1) is 12.8 Å². The first-order valence-electron chi connectivity index (χ1n) is 8.58. The van der Waals surface area contributed by atoms with Gasteiger partial charge in [0, 0.05) is 24.9 Å². The molecule has 1 fully saturated rings. The molecule has 7 heteroatoms. The van der Waals surface area contributed by atoms with Gasteiger partial charge in [0.15, 0.2) is 5.56 Å². The second-order valence-electron chi connectivity index (χ2n) is 6.53. The Morgan fingerprint density at radius 2 is 2.27 bits per heavy atom. The third-order valence-corrected chi connectivity index (χ3v) is 4.82. The molecule has 3 aromatic rings. The lowest BCUT2D eigenvalue weighted by atomic mass is 10.2. The molecule has 1 aliphatic rings. The van der Waals surface area contributed by atoms with Gasteiger partial charge in [-0.1, -0.05) is 17.7 Å². The van der Waals surface area contributed by atoms with Crippen molar-refractivity contribution >= 4 is 28.5 Å². The molecular formula is C19H19ClN4O2. The van der Waals surface area contributed by atoms with E-state index >= 15 is 0 Å². The summed E-state index contributed by atoms with van der Waals surface area (Å²) in [6.45, 7) is 2.31. The van der Waals surface area contributed by atoms with Crippen LogP contribution in [0.25, 0.3) is 11.0 Å². The molecular weight excluding hydrogens is 352 g/mol. The molecule has 0 aliphatic heterocycles. The maximum absolute atomic E-state index is 12.6. The molecule has 6 nitrogen and oxygen atoms in total. The van der Waals surface area contributed by atoms with Gasteiger partial charge in [-0.2, -0.15) is 0 Å². The number of fused-ring (bicyclic) bond motifs is 1. The molecule has 1 saturated carbocycles. The summed E-state index contributed by atoms with van der Waals surface area (Å²) in [6.07, 6.45) is 5.23. The van der Waals surface area contributed by atoms with Crippen molar-refractivity contribution in [3.8, 4) is 5.75 Å². The summed E-state index contributed by atoms with van der Waals surface area (Å²) >= 11 is 6.24. The molecule has 1 aromatic carbocycles. The summed E-state index contributed by atoms with van der Waals surface area (Å²) < 4.78 is 5.75. The molecule has 2 N–H and O–H groups in total. The third-order valence-electron chi connectivity index (χ3n) is 4.38. The number of aromatic nitrogens is 3. The Morgan fingerprint density at radius 1 is 1.42 bits per heavy atom. The number of alkyl halides is 1. The van der Waals surface area contributed by atoms with Gasteiger partial charge in [0.2, 0.25) is 0 Å². The van der Waals surface area contributed by atoms with Crippen molar-refractivity contribution in [2.24, 2.45) is 5.92 Å². The molecule has 4 rings (SSSR count). The fraction of sp³-hybridized carbons (Fsp3) is 0.316. The predicted molar refractivity (Wildman–Crippen MR) is 99.2 cm³/mol. The van der Waals surface area contributed by atoms with Crippen molar-refractivity contribution in [3.63, 3.8) is 0 Å². The Bertz CT molecular complexity index is 952. The Labute approximate surface area is 155 Å². The zero-order valence-electron chi connectivity index (χ0n) is 14.3. The van der Waals surface area contributed by atoms with Crippen LogP contribution in [0.1, 0.15) is 34.6 Å². The molecule has 0 radical (unpaired) electrons. The number of aromatic amines is 1. The zero-order valence-corrected chi connectivity index (χ0v) is 15.1. The minimum atomic E-state index is -0.407. The van der Waals surface area contributed by atoms with E-state index in [2.05, 4.69) is 20.3 Å². The summed E-state index contributed by atoms with van der Waals surface area (Å²) in [5.41, 5.74) is 2.82. The number of H-pyrrole nitrogens is 1. The fourth-order valence-electron chi connectivity index (χ4n) is 2.80. The van der Waals surface area contributed by atoms with Crippen LogP contribution in [0.15, 0.2) is 36.7 Å². The normalized spacial score (nSPS) is 15.0. The van der Waals surface area contributed by atoms with Gasteiger partial charge in [0.25, 0.3) is 5.91 Å². The largest absolute Gasteiger partial charge is 0.473 e. The number of carbonyl (C=O) groups excluding carboxylic acids is 1.